The van der Waals surface area contributed by atoms with Gasteiger partial charge >= 0.3 is 0 Å². The average Bonchev–Trinajstić information content (AvgIpc) is 2.39. The van der Waals surface area contributed by atoms with E-state index in [0.717, 1.165) is 5.56 Å². The topological polar surface area (TPSA) is 32.3 Å². The molecule has 5 heteroatoms. The molecule has 1 amide bonds. The number of amides is 1. The van der Waals surface area contributed by atoms with Gasteiger partial charge in [-0.25, -0.2) is 0 Å². The lowest BCUT2D eigenvalue weighted by molar-refractivity contribution is -0.125. The van der Waals surface area contributed by atoms with Crippen LogP contribution in [0.1, 0.15) is 26.3 Å². The highest BCUT2D eigenvalue weighted by Crippen LogP contribution is 2.23. The zero-order valence-electron chi connectivity index (χ0n) is 12.4. The first-order valence-electron chi connectivity index (χ1n) is 6.73. The molecule has 0 aromatic heterocycles. The molecule has 0 aliphatic carbocycles. The third-order valence-electron chi connectivity index (χ3n) is 3.14. The second kappa shape index (κ2) is 7.87. The molecule has 1 rings (SSSR count). The van der Waals surface area contributed by atoms with Crippen molar-refractivity contribution in [2.75, 3.05) is 13.6 Å². The molecular weight excluding hydrogens is 295 g/mol. The van der Waals surface area contributed by atoms with E-state index >= 15 is 0 Å². The van der Waals surface area contributed by atoms with E-state index in [9.17, 15) is 4.79 Å². The van der Waals surface area contributed by atoms with Crippen molar-refractivity contribution in [2.45, 2.75) is 33.4 Å². The lowest BCUT2D eigenvalue weighted by Gasteiger charge is -2.24. The van der Waals surface area contributed by atoms with Crippen LogP contribution < -0.4 is 5.32 Å². The maximum atomic E-state index is 12.0. The van der Waals surface area contributed by atoms with Gasteiger partial charge in [0.05, 0.1) is 16.1 Å². The first-order chi connectivity index (χ1) is 9.31. The van der Waals surface area contributed by atoms with Gasteiger partial charge < -0.3 is 5.32 Å². The number of carbonyl (C=O) groups is 1. The lowest BCUT2D eigenvalue weighted by atomic mass is 10.1. The van der Waals surface area contributed by atoms with Crippen molar-refractivity contribution >= 4 is 29.1 Å². The summed E-state index contributed by atoms with van der Waals surface area (Å²) in [6, 6.07) is 5.34. The molecule has 0 bridgehead atoms. The molecule has 1 N–H and O–H groups in total. The van der Waals surface area contributed by atoms with Gasteiger partial charge in [0.1, 0.15) is 0 Å². The summed E-state index contributed by atoms with van der Waals surface area (Å²) in [5.74, 6) is 0.493. The molecule has 0 aliphatic rings. The van der Waals surface area contributed by atoms with Crippen LogP contribution in [0, 0.1) is 5.92 Å². The Morgan fingerprint density at radius 1 is 1.25 bits per heavy atom. The standard InChI is InChI=1S/C15H22Cl2N2O/c1-10(2)8-18-15(20)11(3)19(4)9-12-5-6-13(16)14(17)7-12/h5-7,10-11H,8-9H2,1-4H3,(H,18,20)/t11-/m1/s1. The lowest BCUT2D eigenvalue weighted by Crippen LogP contribution is -2.43. The fourth-order valence-corrected chi connectivity index (χ4v) is 2.04. The first kappa shape index (κ1) is 17.3. The predicted octanol–water partition coefficient (Wildman–Crippen LogP) is 3.59. The molecule has 112 valence electrons. The van der Waals surface area contributed by atoms with Crippen LogP contribution in [0.2, 0.25) is 10.0 Å². The summed E-state index contributed by atoms with van der Waals surface area (Å²) in [7, 11) is 1.92. The van der Waals surface area contributed by atoms with Gasteiger partial charge in [-0.1, -0.05) is 43.1 Å². The van der Waals surface area contributed by atoms with Gasteiger partial charge in [0, 0.05) is 13.1 Å². The third kappa shape index (κ3) is 5.31. The quantitative estimate of drug-likeness (QED) is 0.870. The van der Waals surface area contributed by atoms with Crippen molar-refractivity contribution in [1.82, 2.24) is 10.2 Å². The summed E-state index contributed by atoms with van der Waals surface area (Å²) >= 11 is 11.9. The van der Waals surface area contributed by atoms with E-state index in [1.165, 1.54) is 0 Å². The average molecular weight is 317 g/mol. The molecule has 0 saturated carbocycles. The van der Waals surface area contributed by atoms with Crippen LogP contribution >= 0.6 is 23.2 Å². The smallest absolute Gasteiger partial charge is 0.237 e. The normalized spacial score (nSPS) is 12.8. The number of nitrogens with zero attached hydrogens (tertiary/aromatic N) is 1. The van der Waals surface area contributed by atoms with Crippen LogP contribution in [0.4, 0.5) is 0 Å². The van der Waals surface area contributed by atoms with Crippen LogP contribution in [0.25, 0.3) is 0 Å². The van der Waals surface area contributed by atoms with Crippen LogP contribution in [0.3, 0.4) is 0 Å². The number of rotatable bonds is 6. The number of likely N-dealkylation sites (N-methyl/N-ethyl adjacent to an activating group) is 1. The van der Waals surface area contributed by atoms with Crippen LogP contribution in [-0.4, -0.2) is 30.4 Å². The van der Waals surface area contributed by atoms with Gasteiger partial charge in [0.2, 0.25) is 5.91 Å². The van der Waals surface area contributed by atoms with Crippen molar-refractivity contribution in [1.29, 1.82) is 0 Å². The SMILES string of the molecule is CC(C)CNC(=O)[C@@H](C)N(C)Cc1ccc(Cl)c(Cl)c1. The molecule has 20 heavy (non-hydrogen) atoms. The number of benzene rings is 1. The first-order valence-corrected chi connectivity index (χ1v) is 7.48. The summed E-state index contributed by atoms with van der Waals surface area (Å²) < 4.78 is 0. The molecule has 0 radical (unpaired) electrons. The summed E-state index contributed by atoms with van der Waals surface area (Å²) in [5.41, 5.74) is 1.03. The number of hydrogen-bond donors (Lipinski definition) is 1. The second-order valence-electron chi connectivity index (χ2n) is 5.48. The monoisotopic (exact) mass is 316 g/mol. The van der Waals surface area contributed by atoms with E-state index in [-0.39, 0.29) is 11.9 Å². The highest BCUT2D eigenvalue weighted by Gasteiger charge is 2.18. The molecule has 0 heterocycles. The summed E-state index contributed by atoms with van der Waals surface area (Å²) in [6.45, 7) is 7.39. The van der Waals surface area contributed by atoms with Gasteiger partial charge in [-0.05, 0) is 37.6 Å². The van der Waals surface area contributed by atoms with E-state index in [0.29, 0.717) is 29.1 Å². The molecule has 1 aromatic rings. The van der Waals surface area contributed by atoms with Crippen LogP contribution in [0.15, 0.2) is 18.2 Å². The number of halogens is 2. The summed E-state index contributed by atoms with van der Waals surface area (Å²) in [4.78, 5) is 14.0. The minimum absolute atomic E-state index is 0.0428. The second-order valence-corrected chi connectivity index (χ2v) is 6.29. The largest absolute Gasteiger partial charge is 0.354 e. The van der Waals surface area contributed by atoms with Gasteiger partial charge in [-0.15, -0.1) is 0 Å². The van der Waals surface area contributed by atoms with Gasteiger partial charge in [-0.2, -0.15) is 0 Å². The van der Waals surface area contributed by atoms with Crippen molar-refractivity contribution < 1.29 is 4.79 Å². The fourth-order valence-electron chi connectivity index (χ4n) is 1.72. The highest BCUT2D eigenvalue weighted by atomic mass is 35.5. The molecule has 1 aromatic carbocycles. The Hall–Kier alpha value is -0.770. The molecule has 0 unspecified atom stereocenters. The molecule has 0 aliphatic heterocycles. The van der Waals surface area contributed by atoms with E-state index in [1.54, 1.807) is 6.07 Å². The molecule has 0 fully saturated rings. The summed E-state index contributed by atoms with van der Waals surface area (Å²) in [5, 5.41) is 4.02. The Labute approximate surface area is 131 Å². The number of hydrogen-bond acceptors (Lipinski definition) is 2. The van der Waals surface area contributed by atoms with Gasteiger partial charge in [0.25, 0.3) is 0 Å². The molecular formula is C15H22Cl2N2O. The predicted molar refractivity (Wildman–Crippen MR) is 85.2 cm³/mol. The van der Waals surface area contributed by atoms with Crippen LogP contribution in [-0.2, 0) is 11.3 Å². The van der Waals surface area contributed by atoms with E-state index in [2.05, 4.69) is 19.2 Å². The molecule has 3 nitrogen and oxygen atoms in total. The molecule has 0 spiro atoms. The number of carbonyl (C=O) groups excluding carboxylic acids is 1. The van der Waals surface area contributed by atoms with Crippen molar-refractivity contribution in [3.63, 3.8) is 0 Å². The highest BCUT2D eigenvalue weighted by molar-refractivity contribution is 6.42. The van der Waals surface area contributed by atoms with Crippen molar-refractivity contribution in [2.24, 2.45) is 5.92 Å². The Morgan fingerprint density at radius 3 is 2.45 bits per heavy atom. The van der Waals surface area contributed by atoms with Crippen molar-refractivity contribution in [3.05, 3.63) is 33.8 Å². The number of nitrogens with one attached hydrogen (secondary N) is 1. The third-order valence-corrected chi connectivity index (χ3v) is 3.88. The Balaban J connectivity index is 2.58. The van der Waals surface area contributed by atoms with Crippen LogP contribution in [0.5, 0.6) is 0 Å². The molecule has 0 saturated heterocycles. The molecule has 1 atom stereocenters. The zero-order chi connectivity index (χ0) is 15.3. The van der Waals surface area contributed by atoms with Gasteiger partial charge in [0.15, 0.2) is 0 Å². The minimum atomic E-state index is -0.191. The maximum Gasteiger partial charge on any atom is 0.237 e. The van der Waals surface area contributed by atoms with E-state index < -0.39 is 0 Å². The zero-order valence-corrected chi connectivity index (χ0v) is 13.9. The summed E-state index contributed by atoms with van der Waals surface area (Å²) in [6.07, 6.45) is 0. The Kier molecular flexibility index (Phi) is 6.80. The Bertz CT molecular complexity index is 463. The Morgan fingerprint density at radius 2 is 1.90 bits per heavy atom. The maximum absolute atomic E-state index is 12.0. The van der Waals surface area contributed by atoms with Gasteiger partial charge in [-0.3, -0.25) is 9.69 Å². The fraction of sp³-hybridized carbons (Fsp3) is 0.533. The van der Waals surface area contributed by atoms with E-state index in [1.807, 2.05) is 31.0 Å². The minimum Gasteiger partial charge on any atom is -0.354 e. The van der Waals surface area contributed by atoms with E-state index in [4.69, 9.17) is 23.2 Å². The van der Waals surface area contributed by atoms with Crippen molar-refractivity contribution in [3.8, 4) is 0 Å².